The van der Waals surface area contributed by atoms with Crippen molar-refractivity contribution in [2.45, 2.75) is 44.9 Å². The zero-order chi connectivity index (χ0) is 16.3. The topological polar surface area (TPSA) is 46.2 Å². The second-order valence-corrected chi connectivity index (χ2v) is 7.43. The van der Waals surface area contributed by atoms with E-state index >= 15 is 0 Å². The van der Waals surface area contributed by atoms with Gasteiger partial charge in [0, 0.05) is 0 Å². The minimum Gasteiger partial charge on any atom is -0.279 e. The first-order valence-electron chi connectivity index (χ1n) is 7.54. The quantitative estimate of drug-likeness (QED) is 0.874. The van der Waals surface area contributed by atoms with Crippen molar-refractivity contribution in [3.05, 3.63) is 59.2 Å². The van der Waals surface area contributed by atoms with Crippen LogP contribution < -0.4 is 4.72 Å². The maximum Gasteiger partial charge on any atom is 0.261 e. The van der Waals surface area contributed by atoms with Gasteiger partial charge in [0.2, 0.25) is 0 Å². The van der Waals surface area contributed by atoms with Gasteiger partial charge in [0.05, 0.1) is 10.6 Å². The Morgan fingerprint density at radius 2 is 1.73 bits per heavy atom. The molecule has 2 aromatic rings. The van der Waals surface area contributed by atoms with E-state index in [1.54, 1.807) is 12.1 Å². The summed E-state index contributed by atoms with van der Waals surface area (Å²) < 4.78 is 28.0. The van der Waals surface area contributed by atoms with Gasteiger partial charge in [0.15, 0.2) is 0 Å². The van der Waals surface area contributed by atoms with Gasteiger partial charge in [-0.15, -0.1) is 0 Å². The maximum absolute atomic E-state index is 12.6. The van der Waals surface area contributed by atoms with Gasteiger partial charge in [0.25, 0.3) is 10.0 Å². The van der Waals surface area contributed by atoms with Crippen LogP contribution in [0, 0.1) is 13.8 Å². The van der Waals surface area contributed by atoms with Gasteiger partial charge in [-0.2, -0.15) is 0 Å². The molecule has 118 valence electrons. The lowest BCUT2D eigenvalue weighted by Crippen LogP contribution is -2.15. The Hall–Kier alpha value is -1.81. The fourth-order valence-corrected chi connectivity index (χ4v) is 3.50. The molecule has 1 atom stereocenters. The number of hydrogen-bond donors (Lipinski definition) is 1. The van der Waals surface area contributed by atoms with E-state index in [0.29, 0.717) is 16.5 Å². The summed E-state index contributed by atoms with van der Waals surface area (Å²) in [6.07, 6.45) is 0.961. The zero-order valence-corrected chi connectivity index (χ0v) is 14.4. The van der Waals surface area contributed by atoms with Gasteiger partial charge in [-0.05, 0) is 61.1 Å². The first-order valence-corrected chi connectivity index (χ1v) is 9.02. The van der Waals surface area contributed by atoms with E-state index in [2.05, 4.69) is 18.6 Å². The molecule has 0 spiro atoms. The molecule has 0 saturated heterocycles. The summed E-state index contributed by atoms with van der Waals surface area (Å²) in [7, 11) is -3.57. The summed E-state index contributed by atoms with van der Waals surface area (Å²) in [5.74, 6) is 0.304. The lowest BCUT2D eigenvalue weighted by atomic mass is 9.97. The summed E-state index contributed by atoms with van der Waals surface area (Å²) in [4.78, 5) is 0.301. The van der Waals surface area contributed by atoms with E-state index in [9.17, 15) is 8.42 Å². The standard InChI is InChI=1S/C18H23NO2S/c1-5-13(2)17-8-6-7-9-18(17)19-22(20,21)16-11-10-14(3)15(4)12-16/h6-13,19H,5H2,1-4H3. The van der Waals surface area contributed by atoms with Crippen LogP contribution in [0.4, 0.5) is 5.69 Å². The fourth-order valence-electron chi connectivity index (χ4n) is 2.32. The summed E-state index contributed by atoms with van der Waals surface area (Å²) in [5.41, 5.74) is 3.74. The average Bonchev–Trinajstić information content (AvgIpc) is 2.49. The largest absolute Gasteiger partial charge is 0.279 e. The van der Waals surface area contributed by atoms with E-state index < -0.39 is 10.0 Å². The van der Waals surface area contributed by atoms with Crippen LogP contribution in [0.5, 0.6) is 0 Å². The smallest absolute Gasteiger partial charge is 0.261 e. The predicted octanol–water partition coefficient (Wildman–Crippen LogP) is 4.62. The van der Waals surface area contributed by atoms with Crippen LogP contribution >= 0.6 is 0 Å². The number of sulfonamides is 1. The summed E-state index contributed by atoms with van der Waals surface area (Å²) in [5, 5.41) is 0. The molecule has 1 N–H and O–H groups in total. The lowest BCUT2D eigenvalue weighted by molar-refractivity contribution is 0.601. The predicted molar refractivity (Wildman–Crippen MR) is 91.9 cm³/mol. The van der Waals surface area contributed by atoms with E-state index in [1.165, 1.54) is 0 Å². The average molecular weight is 317 g/mol. The van der Waals surface area contributed by atoms with Crippen molar-refractivity contribution in [1.29, 1.82) is 0 Å². The number of hydrogen-bond acceptors (Lipinski definition) is 2. The van der Waals surface area contributed by atoms with Crippen molar-refractivity contribution < 1.29 is 8.42 Å². The summed E-state index contributed by atoms with van der Waals surface area (Å²) >= 11 is 0. The van der Waals surface area contributed by atoms with Crippen LogP contribution in [-0.4, -0.2) is 8.42 Å². The van der Waals surface area contributed by atoms with Crippen molar-refractivity contribution in [3.63, 3.8) is 0 Å². The first kappa shape index (κ1) is 16.6. The monoisotopic (exact) mass is 317 g/mol. The molecule has 4 heteroatoms. The van der Waals surface area contributed by atoms with Crippen LogP contribution in [0.15, 0.2) is 47.4 Å². The van der Waals surface area contributed by atoms with Crippen LogP contribution in [0.2, 0.25) is 0 Å². The molecule has 0 bridgehead atoms. The van der Waals surface area contributed by atoms with E-state index in [-0.39, 0.29) is 0 Å². The third-order valence-electron chi connectivity index (χ3n) is 4.14. The third kappa shape index (κ3) is 3.50. The van der Waals surface area contributed by atoms with Crippen molar-refractivity contribution in [1.82, 2.24) is 0 Å². The summed E-state index contributed by atoms with van der Waals surface area (Å²) in [6, 6.07) is 12.8. The van der Waals surface area contributed by atoms with E-state index in [4.69, 9.17) is 0 Å². The van der Waals surface area contributed by atoms with Crippen LogP contribution in [-0.2, 0) is 10.0 Å². The number of nitrogens with one attached hydrogen (secondary N) is 1. The van der Waals surface area contributed by atoms with Gasteiger partial charge in [-0.1, -0.05) is 38.1 Å². The van der Waals surface area contributed by atoms with Gasteiger partial charge < -0.3 is 0 Å². The van der Waals surface area contributed by atoms with Crippen LogP contribution in [0.3, 0.4) is 0 Å². The van der Waals surface area contributed by atoms with Crippen molar-refractivity contribution in [2.24, 2.45) is 0 Å². The van der Waals surface area contributed by atoms with Crippen molar-refractivity contribution >= 4 is 15.7 Å². The highest BCUT2D eigenvalue weighted by Gasteiger charge is 2.17. The van der Waals surface area contributed by atoms with Gasteiger partial charge in [-0.25, -0.2) is 8.42 Å². The van der Waals surface area contributed by atoms with Gasteiger partial charge >= 0.3 is 0 Å². The minimum absolute atomic E-state index is 0.301. The second kappa shape index (κ2) is 6.53. The fraction of sp³-hybridized carbons (Fsp3) is 0.333. The Balaban J connectivity index is 2.39. The maximum atomic E-state index is 12.6. The number of anilines is 1. The minimum atomic E-state index is -3.57. The van der Waals surface area contributed by atoms with Crippen molar-refractivity contribution in [2.75, 3.05) is 4.72 Å². The Morgan fingerprint density at radius 3 is 2.36 bits per heavy atom. The molecule has 0 aliphatic carbocycles. The molecular formula is C18H23NO2S. The normalized spacial score (nSPS) is 12.9. The molecule has 3 nitrogen and oxygen atoms in total. The highest BCUT2D eigenvalue weighted by molar-refractivity contribution is 7.92. The molecule has 1 unspecified atom stereocenters. The van der Waals surface area contributed by atoms with Gasteiger partial charge in [0.1, 0.15) is 0 Å². The zero-order valence-electron chi connectivity index (χ0n) is 13.6. The van der Waals surface area contributed by atoms with Crippen LogP contribution in [0.1, 0.15) is 42.9 Å². The van der Waals surface area contributed by atoms with E-state index in [0.717, 1.165) is 23.1 Å². The Bertz CT molecular complexity index is 766. The number of rotatable bonds is 5. The van der Waals surface area contributed by atoms with E-state index in [1.807, 2.05) is 44.2 Å². The number of para-hydroxylation sites is 1. The molecule has 0 aliphatic heterocycles. The molecule has 0 radical (unpaired) electrons. The third-order valence-corrected chi connectivity index (χ3v) is 5.50. The van der Waals surface area contributed by atoms with Gasteiger partial charge in [-0.3, -0.25) is 4.72 Å². The Labute approximate surface area is 133 Å². The Kier molecular flexibility index (Phi) is 4.91. The van der Waals surface area contributed by atoms with Crippen molar-refractivity contribution in [3.8, 4) is 0 Å². The SMILES string of the molecule is CCC(C)c1ccccc1NS(=O)(=O)c1ccc(C)c(C)c1. The van der Waals surface area contributed by atoms with Crippen LogP contribution in [0.25, 0.3) is 0 Å². The lowest BCUT2D eigenvalue weighted by Gasteiger charge is -2.17. The molecule has 0 aromatic heterocycles. The first-order chi connectivity index (χ1) is 10.3. The summed E-state index contributed by atoms with van der Waals surface area (Å²) in [6.45, 7) is 8.08. The molecule has 22 heavy (non-hydrogen) atoms. The number of aryl methyl sites for hydroxylation is 2. The molecule has 0 heterocycles. The highest BCUT2D eigenvalue weighted by atomic mass is 32.2. The molecule has 0 aliphatic rings. The second-order valence-electron chi connectivity index (χ2n) is 5.75. The molecule has 0 amide bonds. The molecule has 0 fully saturated rings. The molecule has 0 saturated carbocycles. The molecule has 2 aromatic carbocycles. The number of benzene rings is 2. The molecular weight excluding hydrogens is 294 g/mol. The Morgan fingerprint density at radius 1 is 1.05 bits per heavy atom. The molecule has 2 rings (SSSR count). The highest BCUT2D eigenvalue weighted by Crippen LogP contribution is 2.28.